The van der Waals surface area contributed by atoms with Crippen LogP contribution in [0.15, 0.2) is 93.3 Å². The van der Waals surface area contributed by atoms with Crippen molar-refractivity contribution in [3.05, 3.63) is 94.5 Å². The largest absolute Gasteiger partial charge is 0.512 e. The smallest absolute Gasteiger partial charge is 0.343 e. The van der Waals surface area contributed by atoms with Crippen LogP contribution in [0.5, 0.6) is 0 Å². The molecule has 282 valence electrons. The predicted molar refractivity (Wildman–Crippen MR) is 208 cm³/mol. The van der Waals surface area contributed by atoms with Gasteiger partial charge in [0.15, 0.2) is 0 Å². The molecule has 0 radical (unpaired) electrons. The molecule has 52 heavy (non-hydrogen) atoms. The number of ether oxygens (including phenoxy) is 2. The van der Waals surface area contributed by atoms with Crippen LogP contribution in [0, 0.1) is 35.5 Å². The quantitative estimate of drug-likeness (QED) is 0.0924. The van der Waals surface area contributed by atoms with E-state index in [1.807, 2.05) is 60.7 Å². The van der Waals surface area contributed by atoms with Gasteiger partial charge >= 0.3 is 11.9 Å². The van der Waals surface area contributed by atoms with Crippen molar-refractivity contribution in [3.63, 3.8) is 0 Å². The maximum Gasteiger partial charge on any atom is 0.343 e. The maximum atomic E-state index is 13.7. The van der Waals surface area contributed by atoms with Crippen LogP contribution in [-0.4, -0.2) is 46.8 Å². The number of nitrogens with zero attached hydrogens (tertiary/aromatic N) is 2. The van der Waals surface area contributed by atoms with Gasteiger partial charge < -0.3 is 19.7 Å². The summed E-state index contributed by atoms with van der Waals surface area (Å²) in [5.41, 5.74) is 1.57. The van der Waals surface area contributed by atoms with Gasteiger partial charge in [0, 0.05) is 12.4 Å². The van der Waals surface area contributed by atoms with Gasteiger partial charge in [0.1, 0.15) is 47.0 Å². The SMILES string of the molecule is CC(O)=C(C=N[C@H](c1ccccc1)[C@H](N=CC(C(=O)O[C@H]1C[C@@H](C)CC[C@@H]1C(C)C)=C(C)O)c1ccccc1)C(=O)O[C@H]1C[C@@H](C)CC[C@@H]1C(C)C. The molecule has 2 aromatic carbocycles. The average molecular weight is 713 g/mol. The van der Waals surface area contributed by atoms with Crippen LogP contribution in [0.1, 0.15) is 117 Å². The third kappa shape index (κ3) is 10.9. The third-order valence-corrected chi connectivity index (χ3v) is 11.0. The minimum atomic E-state index is -0.680. The van der Waals surface area contributed by atoms with E-state index in [0.717, 1.165) is 49.7 Å². The molecule has 0 spiro atoms. The molecule has 2 aromatic rings. The van der Waals surface area contributed by atoms with E-state index < -0.39 is 24.0 Å². The summed E-state index contributed by atoms with van der Waals surface area (Å²) in [5, 5.41) is 21.5. The molecule has 2 fully saturated rings. The number of aliphatic hydroxyl groups is 2. The fourth-order valence-electron chi connectivity index (χ4n) is 7.80. The lowest BCUT2D eigenvalue weighted by Crippen LogP contribution is -2.36. The van der Waals surface area contributed by atoms with E-state index in [9.17, 15) is 19.8 Å². The highest BCUT2D eigenvalue weighted by atomic mass is 16.5. The number of allylic oxidation sites excluding steroid dienone is 2. The number of hydrogen-bond acceptors (Lipinski definition) is 8. The Morgan fingerprint density at radius 1 is 0.635 bits per heavy atom. The van der Waals surface area contributed by atoms with Gasteiger partial charge in [-0.2, -0.15) is 0 Å². The van der Waals surface area contributed by atoms with Crippen LogP contribution in [-0.2, 0) is 19.1 Å². The Balaban J connectivity index is 1.69. The minimum Gasteiger partial charge on any atom is -0.512 e. The molecule has 0 heterocycles. The Kier molecular flexibility index (Phi) is 14.9. The van der Waals surface area contributed by atoms with Gasteiger partial charge in [0.05, 0.1) is 0 Å². The van der Waals surface area contributed by atoms with Gasteiger partial charge in [0.2, 0.25) is 0 Å². The molecule has 2 saturated carbocycles. The summed E-state index contributed by atoms with van der Waals surface area (Å²) in [7, 11) is 0. The standard InChI is InChI=1S/C44H60N2O6/c1-27(2)35-21-19-29(5)23-39(35)51-43(49)37(31(7)47)25-45-41(33-15-11-9-12-16-33)42(34-17-13-10-14-18-34)46-26-38(32(8)48)44(50)52-40-24-30(6)20-22-36(40)28(3)4/h9-18,25-30,35-36,39-42,47-48H,19-24H2,1-8H3/t29-,30-,35+,36+,39-,40-,41+,42+/m0/s1. The van der Waals surface area contributed by atoms with E-state index in [-0.39, 0.29) is 46.7 Å². The highest BCUT2D eigenvalue weighted by Gasteiger charge is 2.36. The van der Waals surface area contributed by atoms with Crippen LogP contribution >= 0.6 is 0 Å². The Bertz CT molecular complexity index is 1470. The molecular weight excluding hydrogens is 652 g/mol. The Morgan fingerprint density at radius 3 is 1.29 bits per heavy atom. The van der Waals surface area contributed by atoms with Crippen molar-refractivity contribution in [1.29, 1.82) is 0 Å². The number of carbonyl (C=O) groups excluding carboxylic acids is 2. The first-order valence-corrected chi connectivity index (χ1v) is 19.1. The summed E-state index contributed by atoms with van der Waals surface area (Å²) in [6.07, 6.45) is 8.02. The second kappa shape index (κ2) is 19.0. The summed E-state index contributed by atoms with van der Waals surface area (Å²) in [4.78, 5) is 37.2. The number of esters is 2. The number of hydrogen-bond donors (Lipinski definition) is 2. The van der Waals surface area contributed by atoms with E-state index in [2.05, 4.69) is 41.5 Å². The fraction of sp³-hybridized carbons (Fsp3) is 0.545. The Morgan fingerprint density at radius 2 is 0.981 bits per heavy atom. The van der Waals surface area contributed by atoms with Crippen LogP contribution in [0.3, 0.4) is 0 Å². The molecule has 2 aliphatic rings. The zero-order chi connectivity index (χ0) is 37.9. The maximum absolute atomic E-state index is 13.7. The number of rotatable bonds is 13. The summed E-state index contributed by atoms with van der Waals surface area (Å²) in [6, 6.07) is 17.8. The monoisotopic (exact) mass is 712 g/mol. The van der Waals surface area contributed by atoms with Crippen molar-refractivity contribution >= 4 is 24.4 Å². The zero-order valence-corrected chi connectivity index (χ0v) is 32.4. The number of benzene rings is 2. The van der Waals surface area contributed by atoms with Crippen molar-refractivity contribution < 1.29 is 29.3 Å². The van der Waals surface area contributed by atoms with Crippen molar-refractivity contribution in [2.45, 2.75) is 118 Å². The lowest BCUT2D eigenvalue weighted by Gasteiger charge is -2.36. The van der Waals surface area contributed by atoms with Crippen molar-refractivity contribution in [3.8, 4) is 0 Å². The molecule has 0 bridgehead atoms. The molecule has 8 heteroatoms. The molecule has 2 aliphatic carbocycles. The number of aliphatic hydroxyl groups excluding tert-OH is 2. The van der Waals surface area contributed by atoms with Gasteiger partial charge in [0.25, 0.3) is 0 Å². The first-order chi connectivity index (χ1) is 24.8. The van der Waals surface area contributed by atoms with E-state index in [4.69, 9.17) is 19.5 Å². The number of aliphatic imine (C=N–C) groups is 2. The van der Waals surface area contributed by atoms with Gasteiger partial charge in [-0.15, -0.1) is 0 Å². The van der Waals surface area contributed by atoms with Gasteiger partial charge in [-0.1, -0.05) is 115 Å². The van der Waals surface area contributed by atoms with Crippen LogP contribution in [0.4, 0.5) is 0 Å². The first-order valence-electron chi connectivity index (χ1n) is 19.1. The van der Waals surface area contributed by atoms with Crippen LogP contribution in [0.2, 0.25) is 0 Å². The fourth-order valence-corrected chi connectivity index (χ4v) is 7.80. The second-order valence-corrected chi connectivity index (χ2v) is 15.8. The van der Waals surface area contributed by atoms with E-state index in [1.165, 1.54) is 26.3 Å². The lowest BCUT2D eigenvalue weighted by atomic mass is 9.75. The summed E-state index contributed by atoms with van der Waals surface area (Å²) in [6.45, 7) is 15.9. The molecular formula is C44H60N2O6. The molecule has 4 rings (SSSR count). The van der Waals surface area contributed by atoms with Gasteiger partial charge in [-0.25, -0.2) is 9.59 Å². The molecule has 0 aromatic heterocycles. The second-order valence-electron chi connectivity index (χ2n) is 15.8. The molecule has 8 atom stereocenters. The molecule has 0 amide bonds. The molecule has 0 aliphatic heterocycles. The van der Waals surface area contributed by atoms with Crippen LogP contribution < -0.4 is 0 Å². The summed E-state index contributed by atoms with van der Waals surface area (Å²) < 4.78 is 12.2. The normalized spacial score (nSPS) is 26.2. The highest BCUT2D eigenvalue weighted by Crippen LogP contribution is 2.38. The zero-order valence-electron chi connectivity index (χ0n) is 32.4. The van der Waals surface area contributed by atoms with E-state index in [1.54, 1.807) is 0 Å². The van der Waals surface area contributed by atoms with E-state index >= 15 is 0 Å². The third-order valence-electron chi connectivity index (χ3n) is 11.0. The topological polar surface area (TPSA) is 118 Å². The highest BCUT2D eigenvalue weighted by molar-refractivity contribution is 6.10. The summed E-state index contributed by atoms with van der Waals surface area (Å²) in [5.74, 6) is 0.486. The first kappa shape index (κ1) is 40.6. The molecule has 2 N–H and O–H groups in total. The van der Waals surface area contributed by atoms with Gasteiger partial charge in [-0.3, -0.25) is 9.98 Å². The Hall–Kier alpha value is -4.20. The lowest BCUT2D eigenvalue weighted by molar-refractivity contribution is -0.151. The van der Waals surface area contributed by atoms with Crippen LogP contribution in [0.25, 0.3) is 0 Å². The van der Waals surface area contributed by atoms with Gasteiger partial charge in [-0.05, 0) is 86.2 Å². The summed E-state index contributed by atoms with van der Waals surface area (Å²) >= 11 is 0. The van der Waals surface area contributed by atoms with Crippen molar-refractivity contribution in [2.75, 3.05) is 0 Å². The minimum absolute atomic E-state index is 0.0192. The Labute approximate surface area is 311 Å². The van der Waals surface area contributed by atoms with E-state index in [0.29, 0.717) is 23.7 Å². The van der Waals surface area contributed by atoms with Crippen molar-refractivity contribution in [1.82, 2.24) is 0 Å². The molecule has 8 nitrogen and oxygen atoms in total. The van der Waals surface area contributed by atoms with Crippen molar-refractivity contribution in [2.24, 2.45) is 45.5 Å². The molecule has 0 unspecified atom stereocenters. The predicted octanol–water partition coefficient (Wildman–Crippen LogP) is 10.3. The molecule has 0 saturated heterocycles. The number of carbonyl (C=O) groups is 2. The average Bonchev–Trinajstić information content (AvgIpc) is 3.09.